The Morgan fingerprint density at radius 3 is 1.07 bits per heavy atom. The van der Waals surface area contributed by atoms with Crippen LogP contribution in [-0.4, -0.2) is 18.3 Å². The van der Waals surface area contributed by atoms with E-state index in [9.17, 15) is 10.5 Å². The minimum atomic E-state index is 0.254. The lowest BCUT2D eigenvalue weighted by molar-refractivity contribution is 0.669. The molecular weight excluding hydrogens is 857 g/mol. The number of hydrogen-bond acceptors (Lipinski definition) is 3. The van der Waals surface area contributed by atoms with E-state index >= 15 is 0 Å². The summed E-state index contributed by atoms with van der Waals surface area (Å²) in [6.07, 6.45) is 0. The van der Waals surface area contributed by atoms with Crippen LogP contribution >= 0.6 is 0 Å². The highest BCUT2D eigenvalue weighted by Gasteiger charge is 2.35. The predicted octanol–water partition coefficient (Wildman–Crippen LogP) is 16.0. The number of nitrogens with zero attached hydrogens (tertiary/aromatic N) is 6. The van der Waals surface area contributed by atoms with Crippen LogP contribution in [0.25, 0.3) is 132 Å². The molecule has 0 fully saturated rings. The molecule has 0 spiro atoms. The van der Waals surface area contributed by atoms with Gasteiger partial charge in [0.1, 0.15) is 23.3 Å². The second kappa shape index (κ2) is 14.1. The molecule has 0 unspecified atom stereocenters. The van der Waals surface area contributed by atoms with Gasteiger partial charge in [-0.25, -0.2) is 0 Å². The van der Waals surface area contributed by atoms with Gasteiger partial charge in [-0.05, 0) is 67.6 Å². The second-order valence-electron chi connectivity index (χ2n) is 18.3. The van der Waals surface area contributed by atoms with Gasteiger partial charge in [-0.2, -0.15) is 10.5 Å². The SMILES string of the molecule is Cc1ccc2c(c1)c1cc3c(cc1n2-c1c(C#N)c(C#N)c(-n2c4ccccc4c4ccccc42)c(-n2c4ccccc4c4ccccc42)c1-n1c2ccccc2c2ccccc21)oc1ccccc13. The molecule has 70 heavy (non-hydrogen) atoms. The standard InChI is InChI=1S/C63H36N6O/c1-37-30-31-56-45(32-37)46-33-47-44-22-8-15-29-58(44)70-59(47)34-57(46)69(56)61-49(36-65)48(35-64)60(66-50-23-9-2-16-38(50)39-17-3-10-24-51(39)66)62(67-52-25-11-4-18-40(52)41-19-5-12-26-53(41)67)63(61)68-54-27-13-6-20-42(54)43-21-7-14-28-55(43)68/h2-34H,1H3. The Kier molecular flexibility index (Phi) is 7.72. The van der Waals surface area contributed by atoms with Crippen molar-refractivity contribution in [1.29, 1.82) is 10.5 Å². The third-order valence-electron chi connectivity index (χ3n) is 14.7. The van der Waals surface area contributed by atoms with Crippen molar-refractivity contribution >= 4 is 109 Å². The molecule has 5 heterocycles. The Hall–Kier alpha value is -9.82. The smallest absolute Gasteiger partial charge is 0.137 e. The van der Waals surface area contributed by atoms with E-state index < -0.39 is 0 Å². The summed E-state index contributed by atoms with van der Waals surface area (Å²) in [6, 6.07) is 75.4. The zero-order chi connectivity index (χ0) is 46.4. The van der Waals surface area contributed by atoms with Gasteiger partial charge in [0.15, 0.2) is 0 Å². The van der Waals surface area contributed by atoms with Gasteiger partial charge in [0.2, 0.25) is 0 Å². The van der Waals surface area contributed by atoms with Crippen LogP contribution in [0.15, 0.2) is 205 Å². The van der Waals surface area contributed by atoms with E-state index in [1.54, 1.807) is 0 Å². The second-order valence-corrected chi connectivity index (χ2v) is 18.3. The van der Waals surface area contributed by atoms with Crippen molar-refractivity contribution in [3.8, 4) is 34.9 Å². The Balaban J connectivity index is 1.29. The number of aromatic nitrogens is 4. The van der Waals surface area contributed by atoms with Gasteiger partial charge in [-0.3, -0.25) is 0 Å². The van der Waals surface area contributed by atoms with Crippen LogP contribution in [0.4, 0.5) is 0 Å². The molecule has 7 heteroatoms. The van der Waals surface area contributed by atoms with Crippen LogP contribution in [0.1, 0.15) is 16.7 Å². The fourth-order valence-corrected chi connectivity index (χ4v) is 11.9. The maximum Gasteiger partial charge on any atom is 0.137 e. The lowest BCUT2D eigenvalue weighted by Gasteiger charge is -2.27. The topological polar surface area (TPSA) is 80.4 Å². The maximum atomic E-state index is 12.2. The largest absolute Gasteiger partial charge is 0.456 e. The fourth-order valence-electron chi connectivity index (χ4n) is 11.9. The van der Waals surface area contributed by atoms with Gasteiger partial charge >= 0.3 is 0 Å². The molecule has 7 nitrogen and oxygen atoms in total. The Bertz CT molecular complexity index is 4720. The molecule has 0 aliphatic carbocycles. The highest BCUT2D eigenvalue weighted by molar-refractivity contribution is 6.19. The quantitative estimate of drug-likeness (QED) is 0.176. The van der Waals surface area contributed by atoms with Crippen molar-refractivity contribution in [2.24, 2.45) is 0 Å². The summed E-state index contributed by atoms with van der Waals surface area (Å²) in [5, 5.41) is 34.8. The Labute approximate surface area is 399 Å². The molecule has 10 aromatic carbocycles. The molecule has 0 amide bonds. The molecule has 0 radical (unpaired) electrons. The first-order valence-electron chi connectivity index (χ1n) is 23.5. The van der Waals surface area contributed by atoms with E-state index in [0.717, 1.165) is 126 Å². The first-order valence-corrected chi connectivity index (χ1v) is 23.5. The predicted molar refractivity (Wildman–Crippen MR) is 285 cm³/mol. The number of fused-ring (bicyclic) bond motifs is 15. The zero-order valence-corrected chi connectivity index (χ0v) is 37.6. The lowest BCUT2D eigenvalue weighted by Crippen LogP contribution is -2.17. The molecule has 324 valence electrons. The van der Waals surface area contributed by atoms with E-state index in [0.29, 0.717) is 11.4 Å². The number of nitriles is 2. The van der Waals surface area contributed by atoms with Gasteiger partial charge in [-0.15, -0.1) is 0 Å². The molecule has 0 saturated carbocycles. The van der Waals surface area contributed by atoms with Gasteiger partial charge in [0, 0.05) is 59.9 Å². The number of furan rings is 1. The molecule has 5 aromatic heterocycles. The number of rotatable bonds is 4. The number of benzene rings is 10. The highest BCUT2D eigenvalue weighted by Crippen LogP contribution is 2.50. The summed E-state index contributed by atoms with van der Waals surface area (Å²) < 4.78 is 15.8. The van der Waals surface area contributed by atoms with Gasteiger partial charge in [0.05, 0.1) is 78.0 Å². The van der Waals surface area contributed by atoms with Crippen molar-refractivity contribution in [3.63, 3.8) is 0 Å². The summed E-state index contributed by atoms with van der Waals surface area (Å²) in [5.74, 6) is 0. The van der Waals surface area contributed by atoms with E-state index in [2.05, 4.69) is 219 Å². The minimum Gasteiger partial charge on any atom is -0.456 e. The van der Waals surface area contributed by atoms with Crippen molar-refractivity contribution in [2.45, 2.75) is 6.92 Å². The summed E-state index contributed by atoms with van der Waals surface area (Å²) >= 11 is 0. The lowest BCUT2D eigenvalue weighted by atomic mass is 9.98. The minimum absolute atomic E-state index is 0.254. The number of hydrogen-bond donors (Lipinski definition) is 0. The van der Waals surface area contributed by atoms with E-state index in [1.165, 1.54) is 0 Å². The average molecular weight is 893 g/mol. The van der Waals surface area contributed by atoms with Crippen LogP contribution in [0.2, 0.25) is 0 Å². The fraction of sp³-hybridized carbons (Fsp3) is 0.0159. The maximum absolute atomic E-state index is 12.2. The first-order chi connectivity index (χ1) is 34.6. The first kappa shape index (κ1) is 38.3. The monoisotopic (exact) mass is 892 g/mol. The third kappa shape index (κ3) is 4.94. The van der Waals surface area contributed by atoms with E-state index in [-0.39, 0.29) is 11.1 Å². The summed E-state index contributed by atoms with van der Waals surface area (Å²) in [7, 11) is 0. The van der Waals surface area contributed by atoms with Crippen molar-refractivity contribution < 1.29 is 4.42 Å². The van der Waals surface area contributed by atoms with Crippen LogP contribution < -0.4 is 0 Å². The number of aryl methyl sites for hydroxylation is 1. The molecule has 0 aliphatic rings. The summed E-state index contributed by atoms with van der Waals surface area (Å²) in [6.45, 7) is 2.12. The molecule has 15 rings (SSSR count). The van der Waals surface area contributed by atoms with Crippen LogP contribution in [0, 0.1) is 29.6 Å². The van der Waals surface area contributed by atoms with Crippen molar-refractivity contribution in [1.82, 2.24) is 18.3 Å². The van der Waals surface area contributed by atoms with Gasteiger partial charge < -0.3 is 22.7 Å². The molecule has 0 atom stereocenters. The molecule has 0 bridgehead atoms. The molecule has 0 aliphatic heterocycles. The normalized spacial score (nSPS) is 12.0. The zero-order valence-electron chi connectivity index (χ0n) is 37.6. The third-order valence-corrected chi connectivity index (χ3v) is 14.7. The van der Waals surface area contributed by atoms with E-state index in [4.69, 9.17) is 4.42 Å². The summed E-state index contributed by atoms with van der Waals surface area (Å²) in [4.78, 5) is 0. The van der Waals surface area contributed by atoms with E-state index in [1.807, 2.05) is 18.2 Å². The van der Waals surface area contributed by atoms with Crippen LogP contribution in [0.5, 0.6) is 0 Å². The van der Waals surface area contributed by atoms with Crippen molar-refractivity contribution in [3.05, 3.63) is 217 Å². The molecule has 0 saturated heterocycles. The molecule has 15 aromatic rings. The average Bonchev–Trinajstić information content (AvgIpc) is 4.21. The van der Waals surface area contributed by atoms with Crippen LogP contribution in [0.3, 0.4) is 0 Å². The van der Waals surface area contributed by atoms with Gasteiger partial charge in [-0.1, -0.05) is 139 Å². The number of para-hydroxylation sites is 7. The highest BCUT2D eigenvalue weighted by atomic mass is 16.3. The van der Waals surface area contributed by atoms with Crippen molar-refractivity contribution in [2.75, 3.05) is 0 Å². The Morgan fingerprint density at radius 1 is 0.300 bits per heavy atom. The summed E-state index contributed by atoms with van der Waals surface area (Å²) in [5.41, 5.74) is 13.3. The van der Waals surface area contributed by atoms with Crippen LogP contribution in [-0.2, 0) is 0 Å². The van der Waals surface area contributed by atoms with Gasteiger partial charge in [0.25, 0.3) is 0 Å². The Morgan fingerprint density at radius 2 is 0.643 bits per heavy atom. The molecular formula is C63H36N6O. The molecule has 0 N–H and O–H groups in total.